The van der Waals surface area contributed by atoms with Gasteiger partial charge in [0.2, 0.25) is 5.95 Å². The summed E-state index contributed by atoms with van der Waals surface area (Å²) in [6, 6.07) is 4.65. The Morgan fingerprint density at radius 3 is 2.90 bits per heavy atom. The van der Waals surface area contributed by atoms with E-state index in [0.717, 1.165) is 22.5 Å². The van der Waals surface area contributed by atoms with Gasteiger partial charge in [0.05, 0.1) is 5.39 Å². The van der Waals surface area contributed by atoms with E-state index in [1.807, 2.05) is 7.05 Å². The monoisotopic (exact) mass is 318 g/mol. The van der Waals surface area contributed by atoms with Gasteiger partial charge in [-0.1, -0.05) is 0 Å². The number of thiophene rings is 2. The number of hydrogen-bond acceptors (Lipinski definition) is 6. The normalized spacial score (nSPS) is 12.5. The highest BCUT2D eigenvalue weighted by atomic mass is 32.1. The van der Waals surface area contributed by atoms with E-state index in [0.29, 0.717) is 12.0 Å². The summed E-state index contributed by atoms with van der Waals surface area (Å²) in [7, 11) is 1.85. The van der Waals surface area contributed by atoms with Crippen LogP contribution in [-0.4, -0.2) is 23.1 Å². The molecule has 2 N–H and O–H groups in total. The predicted molar refractivity (Wildman–Crippen MR) is 92.8 cm³/mol. The van der Waals surface area contributed by atoms with E-state index in [-0.39, 0.29) is 0 Å². The maximum atomic E-state index is 4.58. The van der Waals surface area contributed by atoms with Gasteiger partial charge in [-0.2, -0.15) is 16.3 Å². The lowest BCUT2D eigenvalue weighted by molar-refractivity contribution is 0.788. The number of anilines is 2. The first-order chi connectivity index (χ1) is 10.2. The summed E-state index contributed by atoms with van der Waals surface area (Å²) in [6.45, 7) is 4.29. The minimum Gasteiger partial charge on any atom is -0.367 e. The van der Waals surface area contributed by atoms with Crippen LogP contribution in [-0.2, 0) is 6.42 Å². The van der Waals surface area contributed by atoms with Gasteiger partial charge >= 0.3 is 0 Å². The summed E-state index contributed by atoms with van der Waals surface area (Å²) in [5, 5.41) is 12.0. The molecule has 3 heterocycles. The number of nitrogens with one attached hydrogen (secondary N) is 2. The van der Waals surface area contributed by atoms with Gasteiger partial charge in [-0.25, -0.2) is 4.98 Å². The smallest absolute Gasteiger partial charge is 0.225 e. The second kappa shape index (κ2) is 5.99. The van der Waals surface area contributed by atoms with Crippen molar-refractivity contribution < 1.29 is 0 Å². The molecule has 21 heavy (non-hydrogen) atoms. The van der Waals surface area contributed by atoms with Crippen molar-refractivity contribution in [1.82, 2.24) is 9.97 Å². The molecule has 0 spiro atoms. The van der Waals surface area contributed by atoms with E-state index in [9.17, 15) is 0 Å². The highest BCUT2D eigenvalue weighted by molar-refractivity contribution is 7.18. The third kappa shape index (κ3) is 3.16. The van der Waals surface area contributed by atoms with Gasteiger partial charge in [-0.15, -0.1) is 11.3 Å². The van der Waals surface area contributed by atoms with Crippen LogP contribution < -0.4 is 10.6 Å². The lowest BCUT2D eigenvalue weighted by Crippen LogP contribution is -2.19. The minimum atomic E-state index is 0.322. The first-order valence-corrected chi connectivity index (χ1v) is 8.65. The van der Waals surface area contributed by atoms with Crippen molar-refractivity contribution in [2.45, 2.75) is 26.3 Å². The number of nitrogens with zero attached hydrogens (tertiary/aromatic N) is 2. The van der Waals surface area contributed by atoms with Gasteiger partial charge in [0.1, 0.15) is 10.6 Å². The molecule has 3 aromatic heterocycles. The van der Waals surface area contributed by atoms with E-state index in [1.165, 1.54) is 10.4 Å². The Bertz CT molecular complexity index is 734. The van der Waals surface area contributed by atoms with Crippen LogP contribution in [0.15, 0.2) is 22.9 Å². The Kier molecular flexibility index (Phi) is 4.07. The van der Waals surface area contributed by atoms with E-state index >= 15 is 0 Å². The minimum absolute atomic E-state index is 0.322. The summed E-state index contributed by atoms with van der Waals surface area (Å²) in [5.41, 5.74) is 1.36. The fourth-order valence-corrected chi connectivity index (χ4v) is 3.87. The average molecular weight is 318 g/mol. The van der Waals surface area contributed by atoms with Crippen LogP contribution in [0.1, 0.15) is 17.4 Å². The van der Waals surface area contributed by atoms with Crippen LogP contribution >= 0.6 is 22.7 Å². The Hall–Kier alpha value is -1.66. The Balaban J connectivity index is 1.88. The zero-order valence-electron chi connectivity index (χ0n) is 12.3. The van der Waals surface area contributed by atoms with Crippen molar-refractivity contribution in [3.63, 3.8) is 0 Å². The van der Waals surface area contributed by atoms with Crippen molar-refractivity contribution in [3.05, 3.63) is 33.3 Å². The van der Waals surface area contributed by atoms with Crippen molar-refractivity contribution in [2.24, 2.45) is 0 Å². The Labute approximate surface area is 132 Å². The zero-order valence-corrected chi connectivity index (χ0v) is 13.9. The highest BCUT2D eigenvalue weighted by Crippen LogP contribution is 2.30. The van der Waals surface area contributed by atoms with Crippen molar-refractivity contribution in [3.8, 4) is 0 Å². The Morgan fingerprint density at radius 2 is 2.19 bits per heavy atom. The summed E-state index contributed by atoms with van der Waals surface area (Å²) >= 11 is 3.44. The molecule has 3 rings (SSSR count). The molecule has 0 aliphatic rings. The molecule has 1 atom stereocenters. The van der Waals surface area contributed by atoms with Crippen LogP contribution in [0.2, 0.25) is 0 Å². The van der Waals surface area contributed by atoms with Crippen LogP contribution in [0.4, 0.5) is 11.8 Å². The van der Waals surface area contributed by atoms with Crippen molar-refractivity contribution in [1.29, 1.82) is 0 Å². The molecule has 0 radical (unpaired) electrons. The van der Waals surface area contributed by atoms with Gasteiger partial charge < -0.3 is 10.6 Å². The molecule has 0 aliphatic carbocycles. The molecule has 3 aromatic rings. The lowest BCUT2D eigenvalue weighted by atomic mass is 10.1. The summed E-state index contributed by atoms with van der Waals surface area (Å²) < 4.78 is 0. The van der Waals surface area contributed by atoms with E-state index < -0.39 is 0 Å². The predicted octanol–water partition coefficient (Wildman–Crippen LogP) is 4.15. The van der Waals surface area contributed by atoms with Crippen molar-refractivity contribution >= 4 is 44.7 Å². The molecule has 0 aliphatic heterocycles. The van der Waals surface area contributed by atoms with Crippen LogP contribution in [0.3, 0.4) is 0 Å². The summed E-state index contributed by atoms with van der Waals surface area (Å²) in [5.74, 6) is 1.58. The average Bonchev–Trinajstić information content (AvgIpc) is 3.06. The van der Waals surface area contributed by atoms with E-state index in [4.69, 9.17) is 0 Å². The molecule has 4 nitrogen and oxygen atoms in total. The fourth-order valence-electron chi connectivity index (χ4n) is 2.31. The molecule has 110 valence electrons. The third-order valence-electron chi connectivity index (χ3n) is 3.24. The van der Waals surface area contributed by atoms with Crippen LogP contribution in [0.25, 0.3) is 10.2 Å². The number of aryl methyl sites for hydroxylation is 1. The quantitative estimate of drug-likeness (QED) is 0.742. The van der Waals surface area contributed by atoms with Gasteiger partial charge in [-0.05, 0) is 48.7 Å². The SMILES string of the molecule is CNc1nc(NC(C)Cc2ccsc2)c2cc(C)sc2n1. The standard InChI is InChI=1S/C15H18N4S2/c1-9(6-11-4-5-20-8-11)17-13-12-7-10(2)21-14(12)19-15(16-3)18-13/h4-5,7-9H,6H2,1-3H3,(H2,16,17,18,19). The molecular formula is C15H18N4S2. The second-order valence-electron chi connectivity index (χ2n) is 5.10. The molecule has 1 unspecified atom stereocenters. The van der Waals surface area contributed by atoms with Gasteiger partial charge in [0, 0.05) is 18.0 Å². The van der Waals surface area contributed by atoms with Crippen molar-refractivity contribution in [2.75, 3.05) is 17.7 Å². The molecule has 0 saturated carbocycles. The maximum absolute atomic E-state index is 4.58. The third-order valence-corrected chi connectivity index (χ3v) is 4.92. The molecule has 0 fully saturated rings. The van der Waals surface area contributed by atoms with Crippen LogP contribution in [0.5, 0.6) is 0 Å². The lowest BCUT2D eigenvalue weighted by Gasteiger charge is -2.15. The summed E-state index contributed by atoms with van der Waals surface area (Å²) in [4.78, 5) is 11.4. The van der Waals surface area contributed by atoms with E-state index in [2.05, 4.69) is 57.3 Å². The van der Waals surface area contributed by atoms with E-state index in [1.54, 1.807) is 22.7 Å². The number of fused-ring (bicyclic) bond motifs is 1. The largest absolute Gasteiger partial charge is 0.367 e. The first kappa shape index (κ1) is 14.3. The zero-order chi connectivity index (χ0) is 14.8. The molecule has 0 saturated heterocycles. The second-order valence-corrected chi connectivity index (χ2v) is 7.12. The maximum Gasteiger partial charge on any atom is 0.225 e. The summed E-state index contributed by atoms with van der Waals surface area (Å²) in [6.07, 6.45) is 0.993. The number of hydrogen-bond donors (Lipinski definition) is 2. The molecule has 6 heteroatoms. The highest BCUT2D eigenvalue weighted by Gasteiger charge is 2.12. The Morgan fingerprint density at radius 1 is 1.33 bits per heavy atom. The van der Waals surface area contributed by atoms with Crippen LogP contribution in [0, 0.1) is 6.92 Å². The topological polar surface area (TPSA) is 49.8 Å². The van der Waals surface area contributed by atoms with Gasteiger partial charge in [0.25, 0.3) is 0 Å². The van der Waals surface area contributed by atoms with Gasteiger partial charge in [0.15, 0.2) is 0 Å². The molecular weight excluding hydrogens is 300 g/mol. The number of rotatable bonds is 5. The fraction of sp³-hybridized carbons (Fsp3) is 0.333. The first-order valence-electron chi connectivity index (χ1n) is 6.89. The molecule has 0 amide bonds. The molecule has 0 aromatic carbocycles. The number of aromatic nitrogens is 2. The van der Waals surface area contributed by atoms with Gasteiger partial charge in [-0.3, -0.25) is 0 Å². The molecule has 0 bridgehead atoms.